The van der Waals surface area contributed by atoms with Crippen molar-refractivity contribution in [3.63, 3.8) is 0 Å². The predicted molar refractivity (Wildman–Crippen MR) is 199 cm³/mol. The quantitative estimate of drug-likeness (QED) is 0.227. The Balaban J connectivity index is 1.58. The van der Waals surface area contributed by atoms with Crippen molar-refractivity contribution in [1.82, 2.24) is 4.57 Å². The van der Waals surface area contributed by atoms with Crippen LogP contribution < -0.4 is 43.7 Å². The summed E-state index contributed by atoms with van der Waals surface area (Å²) in [7, 11) is 13.4. The van der Waals surface area contributed by atoms with Gasteiger partial charge in [0.15, 0.2) is 0 Å². The molecule has 0 atom stereocenters. The second-order valence-corrected chi connectivity index (χ2v) is 11.4. The smallest absolute Gasteiger partial charge is 0.423 e. The molecule has 0 fully saturated rings. The molecule has 6 aromatic rings. The standard InChI is InChI=1S/C30H29B8NO2/c31-21-19-20-22(32)28(38(40)41)25(35)27(37)30(20)39(29(19)26(36)24(34)23(21)33)18-12-10-17(11-13-18)16-8-6-15(7-9-16)14-4-2-1-3-5-14/h1-13,40-41H,31-37H2. The summed E-state index contributed by atoms with van der Waals surface area (Å²) in [5, 5.41) is 23.0. The lowest BCUT2D eigenvalue weighted by atomic mass is 9.59. The van der Waals surface area contributed by atoms with E-state index in [1.807, 2.05) is 21.8 Å². The van der Waals surface area contributed by atoms with Crippen LogP contribution in [-0.4, -0.2) is 76.7 Å². The minimum Gasteiger partial charge on any atom is -0.423 e. The third-order valence-corrected chi connectivity index (χ3v) is 9.40. The third kappa shape index (κ3) is 4.26. The summed E-state index contributed by atoms with van der Waals surface area (Å²) in [6, 6.07) is 28.0. The summed E-state index contributed by atoms with van der Waals surface area (Å²) in [5.74, 6) is 0. The van der Waals surface area contributed by atoms with Gasteiger partial charge in [-0.2, -0.15) is 0 Å². The molecule has 0 saturated carbocycles. The lowest BCUT2D eigenvalue weighted by Gasteiger charge is -2.18. The highest BCUT2D eigenvalue weighted by molar-refractivity contribution is 6.76. The van der Waals surface area contributed by atoms with Crippen molar-refractivity contribution in [2.45, 2.75) is 0 Å². The van der Waals surface area contributed by atoms with Gasteiger partial charge in [-0.25, -0.2) is 0 Å². The topological polar surface area (TPSA) is 45.4 Å². The molecule has 0 radical (unpaired) electrons. The van der Waals surface area contributed by atoms with E-state index in [1.165, 1.54) is 55.0 Å². The van der Waals surface area contributed by atoms with Crippen molar-refractivity contribution >= 4 is 128 Å². The normalized spacial score (nSPS) is 11.4. The fourth-order valence-corrected chi connectivity index (χ4v) is 6.67. The molecule has 0 amide bonds. The summed E-state index contributed by atoms with van der Waals surface area (Å²) in [6.07, 6.45) is 0. The maximum absolute atomic E-state index is 10.4. The van der Waals surface area contributed by atoms with Crippen molar-refractivity contribution < 1.29 is 10.0 Å². The highest BCUT2D eigenvalue weighted by Gasteiger charge is 2.27. The van der Waals surface area contributed by atoms with Crippen molar-refractivity contribution in [3.8, 4) is 27.9 Å². The van der Waals surface area contributed by atoms with Crippen LogP contribution in [0.15, 0.2) is 78.9 Å². The molecule has 1 heterocycles. The minimum absolute atomic E-state index is 0.610. The second kappa shape index (κ2) is 10.3. The lowest BCUT2D eigenvalue weighted by molar-refractivity contribution is 0.426. The second-order valence-electron chi connectivity index (χ2n) is 11.4. The van der Waals surface area contributed by atoms with E-state index in [2.05, 4.69) is 117 Å². The van der Waals surface area contributed by atoms with Crippen LogP contribution in [0, 0.1) is 0 Å². The Hall–Kier alpha value is -3.66. The minimum atomic E-state index is -1.52. The zero-order valence-corrected chi connectivity index (χ0v) is 24.9. The first kappa shape index (κ1) is 27.5. The number of hydrogen-bond donors (Lipinski definition) is 2. The Morgan fingerprint density at radius 2 is 0.854 bits per heavy atom. The molecule has 0 aliphatic heterocycles. The van der Waals surface area contributed by atoms with E-state index in [0.717, 1.165) is 33.0 Å². The highest BCUT2D eigenvalue weighted by atomic mass is 16.4. The molecule has 0 saturated heterocycles. The monoisotopic (exact) mass is 523 g/mol. The van der Waals surface area contributed by atoms with Gasteiger partial charge in [0.25, 0.3) is 0 Å². The number of benzene rings is 5. The lowest BCUT2D eigenvalue weighted by Crippen LogP contribution is -2.56. The Kier molecular flexibility index (Phi) is 6.92. The molecule has 5 aromatic carbocycles. The maximum Gasteiger partial charge on any atom is 0.487 e. The van der Waals surface area contributed by atoms with Crippen LogP contribution in [0.2, 0.25) is 0 Å². The Morgan fingerprint density at radius 3 is 1.37 bits per heavy atom. The van der Waals surface area contributed by atoms with Crippen LogP contribution in [-0.2, 0) is 0 Å². The Bertz CT molecular complexity index is 1970. The van der Waals surface area contributed by atoms with Crippen LogP contribution in [0.25, 0.3) is 49.7 Å². The van der Waals surface area contributed by atoms with Gasteiger partial charge >= 0.3 is 7.12 Å². The summed E-state index contributed by atoms with van der Waals surface area (Å²) < 4.78 is 2.39. The van der Waals surface area contributed by atoms with Crippen molar-refractivity contribution in [2.24, 2.45) is 0 Å². The van der Waals surface area contributed by atoms with Gasteiger partial charge in [-0.3, -0.25) is 0 Å². The molecule has 0 spiro atoms. The molecule has 41 heavy (non-hydrogen) atoms. The predicted octanol–water partition coefficient (Wildman–Crippen LogP) is -6.39. The first-order valence-electron chi connectivity index (χ1n) is 14.3. The van der Waals surface area contributed by atoms with E-state index in [0.29, 0.717) is 5.46 Å². The molecule has 6 rings (SSSR count). The average Bonchev–Trinajstić information content (AvgIpc) is 3.35. The molecule has 2 N–H and O–H groups in total. The van der Waals surface area contributed by atoms with E-state index in [-0.39, 0.29) is 0 Å². The zero-order valence-electron chi connectivity index (χ0n) is 24.9. The van der Waals surface area contributed by atoms with Gasteiger partial charge in [0.2, 0.25) is 0 Å². The average molecular weight is 522 g/mol. The molecule has 0 aliphatic rings. The maximum atomic E-state index is 10.4. The fourth-order valence-electron chi connectivity index (χ4n) is 6.67. The van der Waals surface area contributed by atoms with E-state index in [1.54, 1.807) is 0 Å². The van der Waals surface area contributed by atoms with Crippen LogP contribution >= 0.6 is 0 Å². The first-order chi connectivity index (χ1) is 19.6. The number of hydrogen-bond acceptors (Lipinski definition) is 2. The van der Waals surface area contributed by atoms with Crippen LogP contribution in [0.3, 0.4) is 0 Å². The summed E-state index contributed by atoms with van der Waals surface area (Å²) in [6.45, 7) is 0. The zero-order chi connectivity index (χ0) is 29.2. The van der Waals surface area contributed by atoms with E-state index in [4.69, 9.17) is 0 Å². The summed E-state index contributed by atoms with van der Waals surface area (Å²) >= 11 is 0. The third-order valence-electron chi connectivity index (χ3n) is 9.40. The van der Waals surface area contributed by atoms with Crippen LogP contribution in [0.5, 0.6) is 0 Å². The summed E-state index contributed by atoms with van der Waals surface area (Å²) in [4.78, 5) is 0. The van der Waals surface area contributed by atoms with Gasteiger partial charge in [-0.1, -0.05) is 99.5 Å². The molecular formula is C30H29B8NO2. The summed E-state index contributed by atoms with van der Waals surface area (Å²) in [5.41, 5.74) is 16.8. The van der Waals surface area contributed by atoms with Gasteiger partial charge in [0.1, 0.15) is 54.9 Å². The molecular weight excluding hydrogens is 493 g/mol. The number of fused-ring (bicyclic) bond motifs is 3. The van der Waals surface area contributed by atoms with Crippen molar-refractivity contribution in [2.75, 3.05) is 0 Å². The van der Waals surface area contributed by atoms with Gasteiger partial charge < -0.3 is 14.6 Å². The fraction of sp³-hybridized carbons (Fsp3) is 0. The van der Waals surface area contributed by atoms with Gasteiger partial charge in [0.05, 0.1) is 0 Å². The van der Waals surface area contributed by atoms with Crippen molar-refractivity contribution in [1.29, 1.82) is 0 Å². The van der Waals surface area contributed by atoms with E-state index >= 15 is 0 Å². The number of aromatic nitrogens is 1. The van der Waals surface area contributed by atoms with Crippen LogP contribution in [0.1, 0.15) is 0 Å². The van der Waals surface area contributed by atoms with E-state index < -0.39 is 7.12 Å². The van der Waals surface area contributed by atoms with Gasteiger partial charge in [0, 0.05) is 16.7 Å². The molecule has 11 heteroatoms. The van der Waals surface area contributed by atoms with Crippen LogP contribution in [0.4, 0.5) is 0 Å². The molecule has 0 bridgehead atoms. The molecule has 0 aliphatic carbocycles. The number of rotatable bonds is 4. The van der Waals surface area contributed by atoms with E-state index in [9.17, 15) is 10.0 Å². The van der Waals surface area contributed by atoms with Gasteiger partial charge in [-0.15, -0.1) is 5.46 Å². The largest absolute Gasteiger partial charge is 0.487 e. The highest BCUT2D eigenvalue weighted by Crippen LogP contribution is 2.29. The first-order valence-corrected chi connectivity index (χ1v) is 14.3. The molecule has 3 nitrogen and oxygen atoms in total. The molecule has 190 valence electrons. The van der Waals surface area contributed by atoms with Crippen molar-refractivity contribution in [3.05, 3.63) is 78.9 Å². The Morgan fingerprint density at radius 1 is 0.439 bits per heavy atom. The van der Waals surface area contributed by atoms with Gasteiger partial charge in [-0.05, 0) is 50.6 Å². The SMILES string of the molecule is Bc1c(B)c(B)c2c(c1B)c1c(B)c(B(O)O)c(B)c(B)c1n2-c1ccc(-c2ccc(-c3ccccc3)cc2)cc1. The molecule has 1 aromatic heterocycles. The Labute approximate surface area is 248 Å². The number of nitrogens with zero attached hydrogens (tertiary/aromatic N) is 1. The molecule has 0 unspecified atom stereocenters.